The molecular formula is C19H19N3O5S. The molecule has 0 spiro atoms. The van der Waals surface area contributed by atoms with E-state index < -0.39 is 17.9 Å². The van der Waals surface area contributed by atoms with Crippen molar-refractivity contribution in [1.29, 1.82) is 0 Å². The molecule has 3 N–H and O–H groups in total. The Hall–Kier alpha value is -3.07. The number of fused-ring (bicyclic) bond motifs is 2. The van der Waals surface area contributed by atoms with Gasteiger partial charge in [-0.05, 0) is 24.1 Å². The Morgan fingerprint density at radius 2 is 2.00 bits per heavy atom. The van der Waals surface area contributed by atoms with Gasteiger partial charge in [-0.1, -0.05) is 12.1 Å². The summed E-state index contributed by atoms with van der Waals surface area (Å²) in [5, 5.41) is 3.15. The Bertz CT molecular complexity index is 970. The molecule has 2 aliphatic rings. The molecule has 9 heteroatoms. The first-order chi connectivity index (χ1) is 13.4. The number of nitrogens with two attached hydrogens (primary N) is 1. The molecule has 3 amide bonds. The number of benzene rings is 1. The molecule has 0 unspecified atom stereocenters. The molecular weight excluding hydrogens is 382 g/mol. The van der Waals surface area contributed by atoms with Gasteiger partial charge >= 0.3 is 0 Å². The average Bonchev–Trinajstić information content (AvgIpc) is 3.04. The van der Waals surface area contributed by atoms with Crippen molar-refractivity contribution in [3.8, 4) is 11.5 Å². The maximum absolute atomic E-state index is 12.7. The number of anilines is 1. The van der Waals surface area contributed by atoms with Crippen LogP contribution in [0.2, 0.25) is 0 Å². The zero-order chi connectivity index (χ0) is 19.8. The first-order valence-electron chi connectivity index (χ1n) is 8.83. The predicted octanol–water partition coefficient (Wildman–Crippen LogP) is 1.53. The number of primary amides is 1. The van der Waals surface area contributed by atoms with Gasteiger partial charge in [0.15, 0.2) is 11.5 Å². The van der Waals surface area contributed by atoms with Gasteiger partial charge in [0.1, 0.15) is 11.6 Å². The molecule has 2 aliphatic heterocycles. The summed E-state index contributed by atoms with van der Waals surface area (Å²) in [6.07, 6.45) is -0.320. The second-order valence-electron chi connectivity index (χ2n) is 6.62. The molecule has 1 atom stereocenters. The van der Waals surface area contributed by atoms with Gasteiger partial charge in [0.25, 0.3) is 11.8 Å². The monoisotopic (exact) mass is 401 g/mol. The molecule has 3 heterocycles. The van der Waals surface area contributed by atoms with E-state index in [4.69, 9.17) is 15.2 Å². The minimum absolute atomic E-state index is 0.0309. The molecule has 0 saturated heterocycles. The molecule has 1 aromatic heterocycles. The van der Waals surface area contributed by atoms with Crippen LogP contribution in [0.5, 0.6) is 11.5 Å². The SMILES string of the molecule is CC(=O)N1CCc2c(sc(NC(=O)[C@H]3COc4ccccc4O3)c2C(N)=O)C1. The van der Waals surface area contributed by atoms with E-state index in [1.165, 1.54) is 18.3 Å². The number of ether oxygens (including phenoxy) is 2. The van der Waals surface area contributed by atoms with Crippen molar-refractivity contribution in [2.45, 2.75) is 26.0 Å². The minimum Gasteiger partial charge on any atom is -0.485 e. The summed E-state index contributed by atoms with van der Waals surface area (Å²) in [5.74, 6) is 0.0258. The van der Waals surface area contributed by atoms with Gasteiger partial charge < -0.3 is 25.4 Å². The van der Waals surface area contributed by atoms with E-state index in [1.807, 2.05) is 6.07 Å². The molecule has 0 saturated carbocycles. The van der Waals surface area contributed by atoms with Crippen LogP contribution in [0.25, 0.3) is 0 Å². The first kappa shape index (κ1) is 18.3. The van der Waals surface area contributed by atoms with Crippen LogP contribution in [-0.4, -0.2) is 41.9 Å². The lowest BCUT2D eigenvalue weighted by Gasteiger charge is -2.25. The van der Waals surface area contributed by atoms with Crippen molar-refractivity contribution in [3.63, 3.8) is 0 Å². The van der Waals surface area contributed by atoms with Gasteiger partial charge in [-0.3, -0.25) is 14.4 Å². The highest BCUT2D eigenvalue weighted by Gasteiger charge is 2.32. The van der Waals surface area contributed by atoms with Crippen LogP contribution in [0.15, 0.2) is 24.3 Å². The fourth-order valence-electron chi connectivity index (χ4n) is 3.36. The van der Waals surface area contributed by atoms with Gasteiger partial charge in [0.2, 0.25) is 12.0 Å². The Morgan fingerprint density at radius 1 is 1.25 bits per heavy atom. The van der Waals surface area contributed by atoms with Crippen LogP contribution >= 0.6 is 11.3 Å². The van der Waals surface area contributed by atoms with E-state index in [1.54, 1.807) is 23.1 Å². The Morgan fingerprint density at radius 3 is 2.71 bits per heavy atom. The standard InChI is InChI=1S/C19H19N3O5S/c1-10(23)22-7-6-11-15(8-22)28-19(16(11)17(20)24)21-18(25)14-9-26-12-4-2-3-5-13(12)27-14/h2-5,14H,6-9H2,1H3,(H2,20,24)(H,21,25)/t14-/m1/s1. The lowest BCUT2D eigenvalue weighted by Crippen LogP contribution is -2.40. The van der Waals surface area contributed by atoms with Gasteiger partial charge in [0, 0.05) is 18.3 Å². The fourth-order valence-corrected chi connectivity index (χ4v) is 4.63. The number of hydrogen-bond acceptors (Lipinski definition) is 6. The van der Waals surface area contributed by atoms with Crippen molar-refractivity contribution in [1.82, 2.24) is 4.90 Å². The lowest BCUT2D eigenvalue weighted by molar-refractivity contribution is -0.129. The number of rotatable bonds is 3. The number of para-hydroxylation sites is 2. The van der Waals surface area contributed by atoms with Crippen molar-refractivity contribution >= 4 is 34.1 Å². The number of hydrogen-bond donors (Lipinski definition) is 2. The summed E-state index contributed by atoms with van der Waals surface area (Å²) < 4.78 is 11.3. The van der Waals surface area contributed by atoms with E-state index in [2.05, 4.69) is 5.32 Å². The topological polar surface area (TPSA) is 111 Å². The van der Waals surface area contributed by atoms with Crippen molar-refractivity contribution in [2.75, 3.05) is 18.5 Å². The summed E-state index contributed by atoms with van der Waals surface area (Å²) in [7, 11) is 0. The Kier molecular flexibility index (Phi) is 4.68. The molecule has 0 bridgehead atoms. The van der Waals surface area contributed by atoms with Crippen LogP contribution in [-0.2, 0) is 22.6 Å². The summed E-state index contributed by atoms with van der Waals surface area (Å²) >= 11 is 1.27. The molecule has 0 aliphatic carbocycles. The van der Waals surface area contributed by atoms with Crippen LogP contribution in [0.3, 0.4) is 0 Å². The van der Waals surface area contributed by atoms with Crippen LogP contribution in [0.4, 0.5) is 5.00 Å². The maximum atomic E-state index is 12.7. The third-order valence-electron chi connectivity index (χ3n) is 4.79. The van der Waals surface area contributed by atoms with Crippen molar-refractivity contribution < 1.29 is 23.9 Å². The average molecular weight is 401 g/mol. The lowest BCUT2D eigenvalue weighted by atomic mass is 10.0. The van der Waals surface area contributed by atoms with Crippen LogP contribution in [0, 0.1) is 0 Å². The number of thiophene rings is 1. The van der Waals surface area contributed by atoms with E-state index in [-0.39, 0.29) is 12.5 Å². The fraction of sp³-hybridized carbons (Fsp3) is 0.316. The summed E-state index contributed by atoms with van der Waals surface area (Å²) in [6.45, 7) is 2.50. The first-order valence-corrected chi connectivity index (χ1v) is 9.65. The van der Waals surface area contributed by atoms with E-state index >= 15 is 0 Å². The molecule has 2 aromatic rings. The zero-order valence-corrected chi connectivity index (χ0v) is 16.0. The zero-order valence-electron chi connectivity index (χ0n) is 15.2. The van der Waals surface area contributed by atoms with Crippen LogP contribution < -0.4 is 20.5 Å². The normalized spacial score (nSPS) is 17.6. The minimum atomic E-state index is -0.844. The van der Waals surface area contributed by atoms with Gasteiger partial charge in [-0.2, -0.15) is 0 Å². The van der Waals surface area contributed by atoms with E-state index in [0.717, 1.165) is 10.4 Å². The predicted molar refractivity (Wildman–Crippen MR) is 103 cm³/mol. The van der Waals surface area contributed by atoms with E-state index in [9.17, 15) is 14.4 Å². The highest BCUT2D eigenvalue weighted by molar-refractivity contribution is 7.17. The smallest absolute Gasteiger partial charge is 0.269 e. The third-order valence-corrected chi connectivity index (χ3v) is 5.92. The maximum Gasteiger partial charge on any atom is 0.269 e. The quantitative estimate of drug-likeness (QED) is 0.810. The summed E-state index contributed by atoms with van der Waals surface area (Å²) in [6, 6.07) is 7.11. The molecule has 8 nitrogen and oxygen atoms in total. The molecule has 0 fully saturated rings. The van der Waals surface area contributed by atoms with Gasteiger partial charge in [-0.25, -0.2) is 0 Å². The molecule has 28 heavy (non-hydrogen) atoms. The second kappa shape index (κ2) is 7.16. The van der Waals surface area contributed by atoms with E-state index in [0.29, 0.717) is 41.6 Å². The summed E-state index contributed by atoms with van der Waals surface area (Å²) in [4.78, 5) is 39.0. The van der Waals surface area contributed by atoms with Crippen molar-refractivity contribution in [2.24, 2.45) is 5.73 Å². The summed E-state index contributed by atoms with van der Waals surface area (Å²) in [5.41, 5.74) is 6.69. The highest BCUT2D eigenvalue weighted by Crippen LogP contribution is 2.37. The Labute approximate surface area is 165 Å². The molecule has 146 valence electrons. The number of carbonyl (C=O) groups is 3. The third kappa shape index (κ3) is 3.29. The van der Waals surface area contributed by atoms with Crippen LogP contribution in [0.1, 0.15) is 27.7 Å². The largest absolute Gasteiger partial charge is 0.485 e. The molecule has 4 rings (SSSR count). The number of nitrogens with zero attached hydrogens (tertiary/aromatic N) is 1. The highest BCUT2D eigenvalue weighted by atomic mass is 32.1. The number of nitrogens with one attached hydrogen (secondary N) is 1. The Balaban J connectivity index is 1.56. The van der Waals surface area contributed by atoms with Gasteiger partial charge in [-0.15, -0.1) is 11.3 Å². The van der Waals surface area contributed by atoms with Gasteiger partial charge in [0.05, 0.1) is 12.1 Å². The van der Waals surface area contributed by atoms with Crippen molar-refractivity contribution in [3.05, 3.63) is 40.3 Å². The number of carbonyl (C=O) groups excluding carboxylic acids is 3. The second-order valence-corrected chi connectivity index (χ2v) is 7.72. The molecule has 1 aromatic carbocycles. The number of amides is 3. The molecule has 0 radical (unpaired) electrons.